The highest BCUT2D eigenvalue weighted by Crippen LogP contribution is 2.23. The first kappa shape index (κ1) is 15.0. The van der Waals surface area contributed by atoms with E-state index in [1.165, 1.54) is 24.8 Å². The second-order valence-electron chi connectivity index (χ2n) is 5.80. The van der Waals surface area contributed by atoms with Crippen molar-refractivity contribution < 1.29 is 4.79 Å². The van der Waals surface area contributed by atoms with Gasteiger partial charge in [-0.2, -0.15) is 0 Å². The van der Waals surface area contributed by atoms with Crippen LogP contribution >= 0.6 is 11.3 Å². The molecule has 0 saturated carbocycles. The van der Waals surface area contributed by atoms with Crippen LogP contribution in [0.5, 0.6) is 0 Å². The van der Waals surface area contributed by atoms with E-state index in [1.54, 1.807) is 11.3 Å². The van der Waals surface area contributed by atoms with Gasteiger partial charge in [0.2, 0.25) is 0 Å². The number of aryl methyl sites for hydroxylation is 1. The average molecular weight is 293 g/mol. The fourth-order valence-electron chi connectivity index (χ4n) is 2.32. The Morgan fingerprint density at radius 2 is 2.30 bits per heavy atom. The van der Waals surface area contributed by atoms with E-state index in [2.05, 4.69) is 21.7 Å². The van der Waals surface area contributed by atoms with E-state index in [-0.39, 0.29) is 6.03 Å². The molecular formula is C15H23N3OS. The van der Waals surface area contributed by atoms with Crippen molar-refractivity contribution in [2.45, 2.75) is 52.0 Å². The SMILES string of the molecule is Cc1csc(C(C)(C)NC(=O)NCCC2=CCCC2)n1. The number of allylic oxidation sites excluding steroid dienone is 1. The molecule has 5 heteroatoms. The molecule has 0 spiro atoms. The van der Waals surface area contributed by atoms with Gasteiger partial charge in [0.05, 0.1) is 5.54 Å². The lowest BCUT2D eigenvalue weighted by Crippen LogP contribution is -2.46. The number of thiazole rings is 1. The van der Waals surface area contributed by atoms with Gasteiger partial charge >= 0.3 is 6.03 Å². The fourth-order valence-corrected chi connectivity index (χ4v) is 3.20. The lowest BCUT2D eigenvalue weighted by molar-refractivity contribution is 0.230. The molecule has 20 heavy (non-hydrogen) atoms. The van der Waals surface area contributed by atoms with Crippen LogP contribution in [-0.4, -0.2) is 17.6 Å². The third-order valence-electron chi connectivity index (χ3n) is 3.45. The van der Waals surface area contributed by atoms with Gasteiger partial charge in [-0.05, 0) is 46.5 Å². The molecule has 2 amide bonds. The standard InChI is InChI=1S/C15H23N3OS/c1-11-10-20-13(17-11)15(2,3)18-14(19)16-9-8-12-6-4-5-7-12/h6,10H,4-5,7-9H2,1-3H3,(H2,16,18,19). The lowest BCUT2D eigenvalue weighted by Gasteiger charge is -2.24. The van der Waals surface area contributed by atoms with E-state index in [1.807, 2.05) is 26.2 Å². The summed E-state index contributed by atoms with van der Waals surface area (Å²) in [5.74, 6) is 0. The van der Waals surface area contributed by atoms with Crippen molar-refractivity contribution in [2.24, 2.45) is 0 Å². The van der Waals surface area contributed by atoms with Crippen molar-refractivity contribution in [1.82, 2.24) is 15.6 Å². The highest BCUT2D eigenvalue weighted by Gasteiger charge is 2.25. The van der Waals surface area contributed by atoms with Gasteiger partial charge in [-0.3, -0.25) is 0 Å². The van der Waals surface area contributed by atoms with E-state index in [9.17, 15) is 4.79 Å². The number of hydrogen-bond donors (Lipinski definition) is 2. The van der Waals surface area contributed by atoms with E-state index in [0.717, 1.165) is 17.1 Å². The summed E-state index contributed by atoms with van der Waals surface area (Å²) in [5.41, 5.74) is 2.03. The molecule has 0 saturated heterocycles. The maximum atomic E-state index is 11.9. The third-order valence-corrected chi connectivity index (χ3v) is 4.73. The zero-order valence-electron chi connectivity index (χ0n) is 12.5. The molecule has 110 valence electrons. The number of carbonyl (C=O) groups is 1. The summed E-state index contributed by atoms with van der Waals surface area (Å²) in [6.07, 6.45) is 6.90. The summed E-state index contributed by atoms with van der Waals surface area (Å²) in [5, 5.41) is 8.86. The lowest BCUT2D eigenvalue weighted by atomic mass is 10.1. The molecule has 0 atom stereocenters. The normalized spacial score (nSPS) is 15.1. The minimum atomic E-state index is -0.435. The Hall–Kier alpha value is -1.36. The molecule has 0 radical (unpaired) electrons. The summed E-state index contributed by atoms with van der Waals surface area (Å²) in [6.45, 7) is 6.62. The fraction of sp³-hybridized carbons (Fsp3) is 0.600. The molecule has 1 aromatic heterocycles. The van der Waals surface area contributed by atoms with Crippen molar-refractivity contribution in [3.8, 4) is 0 Å². The molecule has 1 aliphatic rings. The van der Waals surface area contributed by atoms with Crippen LogP contribution in [-0.2, 0) is 5.54 Å². The molecule has 0 unspecified atom stereocenters. The number of aromatic nitrogens is 1. The minimum absolute atomic E-state index is 0.124. The average Bonchev–Trinajstić information content (AvgIpc) is 2.99. The highest BCUT2D eigenvalue weighted by atomic mass is 32.1. The Kier molecular flexibility index (Phi) is 4.81. The number of rotatable bonds is 5. The second kappa shape index (κ2) is 6.39. The number of urea groups is 1. The molecule has 1 aliphatic carbocycles. The van der Waals surface area contributed by atoms with E-state index >= 15 is 0 Å². The summed E-state index contributed by atoms with van der Waals surface area (Å²) in [4.78, 5) is 16.4. The van der Waals surface area contributed by atoms with Gasteiger partial charge in [0.25, 0.3) is 0 Å². The largest absolute Gasteiger partial charge is 0.338 e. The Morgan fingerprint density at radius 1 is 1.50 bits per heavy atom. The number of nitrogens with one attached hydrogen (secondary N) is 2. The van der Waals surface area contributed by atoms with Gasteiger partial charge in [-0.1, -0.05) is 11.6 Å². The summed E-state index contributed by atoms with van der Waals surface area (Å²) >= 11 is 1.58. The Morgan fingerprint density at radius 3 is 2.90 bits per heavy atom. The van der Waals surface area contributed by atoms with Crippen molar-refractivity contribution in [2.75, 3.05) is 6.54 Å². The van der Waals surface area contributed by atoms with Gasteiger partial charge in [0, 0.05) is 17.6 Å². The summed E-state index contributed by atoms with van der Waals surface area (Å²) in [7, 11) is 0. The molecule has 4 nitrogen and oxygen atoms in total. The van der Waals surface area contributed by atoms with E-state index < -0.39 is 5.54 Å². The predicted octanol–water partition coefficient (Wildman–Crippen LogP) is 3.49. The van der Waals surface area contributed by atoms with Crippen LogP contribution in [0.3, 0.4) is 0 Å². The maximum Gasteiger partial charge on any atom is 0.315 e. The van der Waals surface area contributed by atoms with Gasteiger partial charge in [-0.25, -0.2) is 9.78 Å². The first-order chi connectivity index (χ1) is 9.47. The zero-order chi connectivity index (χ0) is 14.6. The van der Waals surface area contributed by atoms with Gasteiger partial charge in [0.1, 0.15) is 5.01 Å². The minimum Gasteiger partial charge on any atom is -0.338 e. The molecule has 0 aliphatic heterocycles. The number of hydrogen-bond acceptors (Lipinski definition) is 3. The molecule has 1 aromatic rings. The van der Waals surface area contributed by atoms with Crippen molar-refractivity contribution in [3.05, 3.63) is 27.7 Å². The Labute approximate surface area is 124 Å². The monoisotopic (exact) mass is 293 g/mol. The predicted molar refractivity (Wildman–Crippen MR) is 83.0 cm³/mol. The van der Waals surface area contributed by atoms with Crippen LogP contribution in [0.2, 0.25) is 0 Å². The zero-order valence-corrected chi connectivity index (χ0v) is 13.3. The number of amides is 2. The Balaban J connectivity index is 1.78. The summed E-state index contributed by atoms with van der Waals surface area (Å²) in [6, 6.07) is -0.124. The van der Waals surface area contributed by atoms with Crippen LogP contribution in [0.15, 0.2) is 17.0 Å². The quantitative estimate of drug-likeness (QED) is 0.817. The molecule has 0 bridgehead atoms. The van der Waals surface area contributed by atoms with Crippen molar-refractivity contribution >= 4 is 17.4 Å². The molecular weight excluding hydrogens is 270 g/mol. The number of nitrogens with zero attached hydrogens (tertiary/aromatic N) is 1. The Bertz CT molecular complexity index is 505. The molecule has 2 N–H and O–H groups in total. The molecule has 0 fully saturated rings. The molecule has 1 heterocycles. The summed E-state index contributed by atoms with van der Waals surface area (Å²) < 4.78 is 0. The van der Waals surface area contributed by atoms with Gasteiger partial charge in [0.15, 0.2) is 0 Å². The smallest absolute Gasteiger partial charge is 0.315 e. The molecule has 2 rings (SSSR count). The van der Waals surface area contributed by atoms with Gasteiger partial charge in [-0.15, -0.1) is 11.3 Å². The molecule has 0 aromatic carbocycles. The number of carbonyl (C=O) groups excluding carboxylic acids is 1. The third kappa shape index (κ3) is 4.07. The van der Waals surface area contributed by atoms with Crippen molar-refractivity contribution in [3.63, 3.8) is 0 Å². The first-order valence-corrected chi connectivity index (χ1v) is 8.02. The van der Waals surface area contributed by atoms with Crippen LogP contribution in [0.25, 0.3) is 0 Å². The van der Waals surface area contributed by atoms with Crippen LogP contribution < -0.4 is 10.6 Å². The maximum absolute atomic E-state index is 11.9. The van der Waals surface area contributed by atoms with E-state index in [4.69, 9.17) is 0 Å². The highest BCUT2D eigenvalue weighted by molar-refractivity contribution is 7.09. The first-order valence-electron chi connectivity index (χ1n) is 7.14. The van der Waals surface area contributed by atoms with Crippen LogP contribution in [0.4, 0.5) is 4.79 Å². The van der Waals surface area contributed by atoms with Crippen molar-refractivity contribution in [1.29, 1.82) is 0 Å². The second-order valence-corrected chi connectivity index (χ2v) is 6.66. The topological polar surface area (TPSA) is 54.0 Å². The van der Waals surface area contributed by atoms with Crippen LogP contribution in [0.1, 0.15) is 50.2 Å². The van der Waals surface area contributed by atoms with Gasteiger partial charge < -0.3 is 10.6 Å². The van der Waals surface area contributed by atoms with Crippen LogP contribution in [0, 0.1) is 6.92 Å². The van der Waals surface area contributed by atoms with E-state index in [0.29, 0.717) is 6.54 Å².